The third kappa shape index (κ3) is 7.13. The molecule has 5 heterocycles. The van der Waals surface area contributed by atoms with Crippen molar-refractivity contribution < 1.29 is 32.7 Å². The van der Waals surface area contributed by atoms with Crippen LogP contribution in [0.1, 0.15) is 11.7 Å². The lowest BCUT2D eigenvalue weighted by Crippen LogP contribution is -2.71. The number of urea groups is 1. The first-order chi connectivity index (χ1) is 24.6. The number of nitrogens with one attached hydrogen (secondary N) is 3. The topological polar surface area (TPSA) is 333 Å². The van der Waals surface area contributed by atoms with Gasteiger partial charge in [-0.1, -0.05) is 11.8 Å². The molecule has 4 aromatic rings. The predicted octanol–water partition coefficient (Wildman–Crippen LogP) is -1.12. The van der Waals surface area contributed by atoms with Gasteiger partial charge in [0.05, 0.1) is 16.8 Å². The van der Waals surface area contributed by atoms with Gasteiger partial charge in [-0.25, -0.2) is 37.8 Å². The number of nitrogens with zero attached hydrogens (tertiary/aromatic N) is 8. The molecule has 0 aliphatic carbocycles. The van der Waals surface area contributed by atoms with E-state index in [1.165, 1.54) is 57.9 Å². The zero-order valence-corrected chi connectivity index (χ0v) is 29.6. The van der Waals surface area contributed by atoms with Gasteiger partial charge < -0.3 is 27.2 Å². The summed E-state index contributed by atoms with van der Waals surface area (Å²) in [5, 5.41) is 32.7. The minimum atomic E-state index is -3.94. The van der Waals surface area contributed by atoms with Crippen molar-refractivity contribution in [2.24, 2.45) is 17.9 Å². The average Bonchev–Trinajstić information content (AvgIpc) is 3.71. The zero-order valence-electron chi connectivity index (χ0n) is 26.4. The number of amides is 4. The third-order valence-corrected chi connectivity index (χ3v) is 11.6. The van der Waals surface area contributed by atoms with Gasteiger partial charge >= 0.3 is 12.0 Å². The van der Waals surface area contributed by atoms with E-state index in [9.17, 15) is 37.5 Å². The van der Waals surface area contributed by atoms with Gasteiger partial charge in [0, 0.05) is 29.6 Å². The van der Waals surface area contributed by atoms with Crippen LogP contribution in [0.2, 0.25) is 0 Å². The highest BCUT2D eigenvalue weighted by atomic mass is 32.2. The van der Waals surface area contributed by atoms with Gasteiger partial charge in [0.1, 0.15) is 22.8 Å². The number of H-pyrrole nitrogens is 1. The number of hydrogen-bond donors (Lipinski definition) is 7. The van der Waals surface area contributed by atoms with E-state index in [4.69, 9.17) is 16.6 Å². The van der Waals surface area contributed by atoms with Crippen LogP contribution in [0.3, 0.4) is 0 Å². The zero-order chi connectivity index (χ0) is 37.5. The van der Waals surface area contributed by atoms with Crippen molar-refractivity contribution in [1.29, 1.82) is 0 Å². The van der Waals surface area contributed by atoms with Gasteiger partial charge in [-0.2, -0.15) is 0 Å². The lowest BCUT2D eigenvalue weighted by Gasteiger charge is -2.49. The van der Waals surface area contributed by atoms with E-state index in [1.54, 1.807) is 7.05 Å². The highest BCUT2D eigenvalue weighted by molar-refractivity contribution is 8.01. The van der Waals surface area contributed by atoms with Crippen molar-refractivity contribution in [2.45, 2.75) is 27.5 Å². The molecule has 10 N–H and O–H groups in total. The van der Waals surface area contributed by atoms with Crippen LogP contribution in [0.4, 0.5) is 27.2 Å². The summed E-state index contributed by atoms with van der Waals surface area (Å²) < 4.78 is 24.5. The Bertz CT molecular complexity index is 2290. The Hall–Kier alpha value is -5.57. The van der Waals surface area contributed by atoms with Crippen LogP contribution in [0.25, 0.3) is 0 Å². The van der Waals surface area contributed by atoms with Crippen molar-refractivity contribution in [3.8, 4) is 0 Å². The molecule has 1 aromatic carbocycles. The van der Waals surface area contributed by atoms with Gasteiger partial charge in [-0.3, -0.25) is 29.2 Å². The summed E-state index contributed by atoms with van der Waals surface area (Å²) >= 11 is 3.34. The van der Waals surface area contributed by atoms with Crippen molar-refractivity contribution in [2.75, 3.05) is 27.5 Å². The molecule has 1 saturated heterocycles. The Morgan fingerprint density at radius 1 is 1.23 bits per heavy atom. The number of thiazole rings is 1. The fourth-order valence-corrected chi connectivity index (χ4v) is 8.64. The molecule has 272 valence electrons. The molecule has 0 bridgehead atoms. The molecule has 3 atom stereocenters. The molecular weight excluding hydrogens is 765 g/mol. The van der Waals surface area contributed by atoms with Crippen LogP contribution >= 0.6 is 34.9 Å². The van der Waals surface area contributed by atoms with Gasteiger partial charge in [0.15, 0.2) is 11.2 Å². The van der Waals surface area contributed by atoms with E-state index < -0.39 is 62.5 Å². The number of carboxylic acid groups (broad SMARTS) is 1. The number of aryl methyl sites for hydroxylation is 1. The largest absolute Gasteiger partial charge is 0.477 e. The number of β-lactam (4-membered cyclic amide) rings is 1. The van der Waals surface area contributed by atoms with E-state index in [0.717, 1.165) is 22.4 Å². The average molecular weight is 791 g/mol. The maximum atomic E-state index is 14.0. The van der Waals surface area contributed by atoms with Gasteiger partial charge in [0.25, 0.3) is 11.5 Å². The molecule has 4 amide bonds. The second-order valence-corrected chi connectivity index (χ2v) is 15.4. The number of hydrogen-bond acceptors (Lipinski definition) is 17. The van der Waals surface area contributed by atoms with Crippen LogP contribution < -0.4 is 37.7 Å². The Labute approximate surface area is 304 Å². The number of rotatable bonds is 12. The third-order valence-electron chi connectivity index (χ3n) is 7.55. The number of sulfonamides is 1. The Balaban J connectivity index is 1.24. The molecule has 2 aliphatic rings. The SMILES string of the molecule is Cn1nnnc1SCC1=C(C(=O)O)N2C(=O)[C@@H](NC(=O)C(c3csc(N)n3)N(C(N)=O)c3cnc(Nc4ccc(S(N)(=O)=O)cc4)[nH]c3=O)[C@@H]2SC1. The van der Waals surface area contributed by atoms with Crippen LogP contribution in [-0.4, -0.2) is 100 Å². The molecule has 1 fully saturated rings. The van der Waals surface area contributed by atoms with Crippen molar-refractivity contribution in [3.63, 3.8) is 0 Å². The molecule has 3 aromatic heterocycles. The summed E-state index contributed by atoms with van der Waals surface area (Å²) in [6, 6.07) is 0.998. The Morgan fingerprint density at radius 2 is 1.96 bits per heavy atom. The smallest absolute Gasteiger partial charge is 0.352 e. The van der Waals surface area contributed by atoms with Crippen LogP contribution in [0, 0.1) is 0 Å². The first kappa shape index (κ1) is 36.2. The monoisotopic (exact) mass is 790 g/mol. The van der Waals surface area contributed by atoms with Crippen molar-refractivity contribution in [3.05, 3.63) is 63.2 Å². The number of primary amides is 1. The quantitative estimate of drug-likeness (QED) is 0.0660. The molecule has 0 saturated carbocycles. The lowest BCUT2D eigenvalue weighted by atomic mass is 10.0. The molecule has 52 heavy (non-hydrogen) atoms. The van der Waals surface area contributed by atoms with Crippen LogP contribution in [-0.2, 0) is 31.5 Å². The molecule has 26 heteroatoms. The van der Waals surface area contributed by atoms with E-state index in [0.29, 0.717) is 21.3 Å². The second-order valence-electron chi connectivity index (χ2n) is 10.9. The highest BCUT2D eigenvalue weighted by Crippen LogP contribution is 2.42. The number of thioether (sulfide) groups is 2. The van der Waals surface area contributed by atoms with Gasteiger partial charge in [-0.05, 0) is 40.3 Å². The molecule has 2 aliphatic heterocycles. The highest BCUT2D eigenvalue weighted by Gasteiger charge is 2.55. The number of fused-ring (bicyclic) bond motifs is 1. The molecule has 22 nitrogen and oxygen atoms in total. The van der Waals surface area contributed by atoms with E-state index in [-0.39, 0.29) is 38.9 Å². The summed E-state index contributed by atoms with van der Waals surface area (Å²) in [7, 11) is -2.32. The first-order valence-corrected chi connectivity index (χ1v) is 18.9. The van der Waals surface area contributed by atoms with Gasteiger partial charge in [0.2, 0.25) is 27.0 Å². The number of benzene rings is 1. The predicted molar refractivity (Wildman–Crippen MR) is 186 cm³/mol. The number of carbonyl (C=O) groups is 4. The summed E-state index contributed by atoms with van der Waals surface area (Å²) in [6.45, 7) is 0. The number of carboxylic acids is 1. The molecule has 0 spiro atoms. The maximum absolute atomic E-state index is 14.0. The fraction of sp³-hybridized carbons (Fsp3) is 0.231. The minimum Gasteiger partial charge on any atom is -0.477 e. The van der Waals surface area contributed by atoms with Crippen molar-refractivity contribution in [1.82, 2.24) is 45.4 Å². The maximum Gasteiger partial charge on any atom is 0.352 e. The minimum absolute atomic E-state index is 0.0183. The van der Waals surface area contributed by atoms with E-state index in [1.807, 2.05) is 0 Å². The summed E-state index contributed by atoms with van der Waals surface area (Å²) in [5.41, 5.74) is 10.6. The fourth-order valence-electron chi connectivity index (χ4n) is 5.20. The van der Waals surface area contributed by atoms with Gasteiger partial charge in [-0.15, -0.1) is 28.2 Å². The second kappa shape index (κ2) is 14.2. The first-order valence-electron chi connectivity index (χ1n) is 14.5. The number of primary sulfonamides is 1. The van der Waals surface area contributed by atoms with E-state index in [2.05, 4.69) is 41.1 Å². The number of nitrogen functional groups attached to an aromatic ring is 1. The Kier molecular flexibility index (Phi) is 9.90. The number of nitrogens with two attached hydrogens (primary N) is 3. The number of aliphatic carboxylic acids is 1. The lowest BCUT2D eigenvalue weighted by molar-refractivity contribution is -0.150. The standard InChI is InChI=1S/C26H26N14O8S4/c1-38-26(35-36-37-38)51-8-10-7-49-21-15(20(43)40(21)16(10)22(44)45)33-19(42)17(13-9-50-23(27)32-13)39(24(28)46)14-6-30-25(34-18(14)41)31-11-2-4-12(5-3-11)52(29,47)48/h2-6,9,15,17,21H,7-8H2,1H3,(H2,27,32)(H2,28,46)(H,33,42)(H,44,45)(H2,29,47,48)(H2,30,31,34,41)/t15-,17?,21+/m1/s1. The summed E-state index contributed by atoms with van der Waals surface area (Å²) in [6.07, 6.45) is 0.967. The number of tetrazole rings is 1. The Morgan fingerprint density at radius 3 is 2.54 bits per heavy atom. The molecule has 0 radical (unpaired) electrons. The molecule has 1 unspecified atom stereocenters. The summed E-state index contributed by atoms with van der Waals surface area (Å²) in [4.78, 5) is 78.2. The molecular formula is C26H26N14O8S4. The normalized spacial score (nSPS) is 17.6. The number of carbonyl (C=O) groups excluding carboxylic acids is 3. The summed E-state index contributed by atoms with van der Waals surface area (Å²) in [5.74, 6) is -2.77. The van der Waals surface area contributed by atoms with E-state index >= 15 is 0 Å². The van der Waals surface area contributed by atoms with Crippen LogP contribution in [0.5, 0.6) is 0 Å². The number of aromatic nitrogens is 7. The number of aromatic amines is 1. The van der Waals surface area contributed by atoms with Crippen molar-refractivity contribution >= 4 is 91.2 Å². The number of anilines is 4. The van der Waals surface area contributed by atoms with Crippen LogP contribution in [0.15, 0.2) is 62.0 Å². The molecule has 6 rings (SSSR count).